The first-order valence-electron chi connectivity index (χ1n) is 5.69. The smallest absolute Gasteiger partial charge is 0.392 e. The molecule has 2 aromatic rings. The van der Waals surface area contributed by atoms with Gasteiger partial charge in [0, 0.05) is 8.95 Å². The summed E-state index contributed by atoms with van der Waals surface area (Å²) in [6.07, 6.45) is -0.888. The molecule has 0 N–H and O–H groups in total. The zero-order chi connectivity index (χ0) is 18.2. The minimum atomic E-state index is -0.888. The molecule has 0 aromatic heterocycles. The van der Waals surface area contributed by atoms with Gasteiger partial charge in [-0.1, -0.05) is 15.9 Å². The first-order chi connectivity index (χ1) is 11.1. The molecule has 0 bridgehead atoms. The lowest BCUT2D eigenvalue weighted by Crippen LogP contribution is -2.15. The maximum atomic E-state index is 12.2. The number of ether oxygens (including phenoxy) is 2. The van der Waals surface area contributed by atoms with Crippen LogP contribution in [0.4, 0.5) is 4.79 Å². The number of benzene rings is 2. The average molecular weight is 845 g/mol. The number of hydrogen-bond donors (Lipinski definition) is 0. The molecule has 11 heteroatoms. The highest BCUT2D eigenvalue weighted by Crippen LogP contribution is 2.48. The van der Waals surface area contributed by atoms with Gasteiger partial charge >= 0.3 is 6.16 Å². The maximum absolute atomic E-state index is 12.2. The Morgan fingerprint density at radius 2 is 1.00 bits per heavy atom. The molecule has 0 saturated heterocycles. The van der Waals surface area contributed by atoms with Crippen LogP contribution in [0.1, 0.15) is 0 Å². The molecule has 3 nitrogen and oxygen atoms in total. The number of rotatable bonds is 2. The summed E-state index contributed by atoms with van der Waals surface area (Å²) in [7, 11) is 0. The van der Waals surface area contributed by atoms with Crippen LogP contribution in [0.5, 0.6) is 11.5 Å². The van der Waals surface area contributed by atoms with Crippen LogP contribution in [-0.2, 0) is 0 Å². The van der Waals surface area contributed by atoms with Gasteiger partial charge in [-0.2, -0.15) is 0 Å². The van der Waals surface area contributed by atoms with Crippen LogP contribution in [-0.4, -0.2) is 6.16 Å². The Balaban J connectivity index is 2.32. The van der Waals surface area contributed by atoms with E-state index in [4.69, 9.17) is 9.47 Å². The van der Waals surface area contributed by atoms with Crippen LogP contribution in [0, 0.1) is 0 Å². The van der Waals surface area contributed by atoms with E-state index in [1.807, 2.05) is 0 Å². The number of halogens is 8. The minimum absolute atomic E-state index is 0.270. The van der Waals surface area contributed by atoms with Gasteiger partial charge in [0.15, 0.2) is 11.5 Å². The monoisotopic (exact) mass is 837 g/mol. The van der Waals surface area contributed by atoms with Crippen LogP contribution in [0.3, 0.4) is 0 Å². The van der Waals surface area contributed by atoms with Crippen LogP contribution in [0.25, 0.3) is 0 Å². The molecule has 2 rings (SSSR count). The first-order valence-corrected chi connectivity index (χ1v) is 12.0. The van der Waals surface area contributed by atoms with E-state index in [0.717, 1.165) is 8.95 Å². The van der Waals surface area contributed by atoms with E-state index in [-0.39, 0.29) is 5.75 Å². The average Bonchev–Trinajstić information content (AvgIpc) is 2.51. The molecule has 24 heavy (non-hydrogen) atoms. The third-order valence-electron chi connectivity index (χ3n) is 2.50. The van der Waals surface area contributed by atoms with Gasteiger partial charge in [0.1, 0.15) is 0 Å². The van der Waals surface area contributed by atoms with E-state index in [1.165, 1.54) is 0 Å². The quantitative estimate of drug-likeness (QED) is 0.131. The molecule has 0 aliphatic rings. The molecule has 0 amide bonds. The second kappa shape index (κ2) is 9.16. The van der Waals surface area contributed by atoms with Gasteiger partial charge < -0.3 is 9.47 Å². The first kappa shape index (κ1) is 21.8. The zero-order valence-corrected chi connectivity index (χ0v) is 23.6. The summed E-state index contributed by atoms with van der Waals surface area (Å²) in [5.41, 5.74) is 0. The lowest BCUT2D eigenvalue weighted by molar-refractivity contribution is 0.150. The Bertz CT molecular complexity index is 784. The van der Waals surface area contributed by atoms with Gasteiger partial charge in [0.25, 0.3) is 0 Å². The van der Waals surface area contributed by atoms with E-state index >= 15 is 0 Å². The van der Waals surface area contributed by atoms with E-state index < -0.39 is 6.16 Å². The number of hydrogen-bond acceptors (Lipinski definition) is 3. The van der Waals surface area contributed by atoms with Crippen LogP contribution < -0.4 is 9.47 Å². The maximum Gasteiger partial charge on any atom is 0.519 e. The van der Waals surface area contributed by atoms with Crippen molar-refractivity contribution in [2.24, 2.45) is 0 Å². The summed E-state index contributed by atoms with van der Waals surface area (Å²) in [5.74, 6) is 0.581. The van der Waals surface area contributed by atoms with Gasteiger partial charge in [-0.3, -0.25) is 0 Å². The van der Waals surface area contributed by atoms with Crippen molar-refractivity contribution in [2.45, 2.75) is 0 Å². The zero-order valence-electron chi connectivity index (χ0n) is 10.9. The molecule has 0 aliphatic carbocycles. The highest BCUT2D eigenvalue weighted by molar-refractivity contribution is 9.16. The van der Waals surface area contributed by atoms with Crippen molar-refractivity contribution < 1.29 is 14.3 Å². The molecule has 2 aromatic carbocycles. The molecule has 0 fully saturated rings. The Labute approximate surface area is 204 Å². The Morgan fingerprint density at radius 3 is 1.46 bits per heavy atom. The van der Waals surface area contributed by atoms with Crippen molar-refractivity contribution in [1.29, 1.82) is 0 Å². The van der Waals surface area contributed by atoms with Crippen molar-refractivity contribution in [3.8, 4) is 11.5 Å². The highest BCUT2D eigenvalue weighted by atomic mass is 79.9. The summed E-state index contributed by atoms with van der Waals surface area (Å²) in [4.78, 5) is 12.2. The van der Waals surface area contributed by atoms with Crippen molar-refractivity contribution in [3.63, 3.8) is 0 Å². The fourth-order valence-corrected chi connectivity index (χ4v) is 7.08. The summed E-state index contributed by atoms with van der Waals surface area (Å²) in [6.45, 7) is 0. The lowest BCUT2D eigenvalue weighted by Gasteiger charge is -2.14. The van der Waals surface area contributed by atoms with Crippen LogP contribution in [0.2, 0.25) is 0 Å². The summed E-state index contributed by atoms with van der Waals surface area (Å²) < 4.78 is 15.9. The van der Waals surface area contributed by atoms with Crippen LogP contribution >= 0.6 is 127 Å². The van der Waals surface area contributed by atoms with Gasteiger partial charge in [0.05, 0.1) is 26.8 Å². The summed E-state index contributed by atoms with van der Waals surface area (Å²) >= 11 is 27.0. The molecule has 128 valence electrons. The predicted molar refractivity (Wildman–Crippen MR) is 121 cm³/mol. The Hall–Kier alpha value is 1.55. The van der Waals surface area contributed by atoms with E-state index in [2.05, 4.69) is 127 Å². The van der Waals surface area contributed by atoms with Crippen molar-refractivity contribution >= 4 is 134 Å². The Morgan fingerprint density at radius 1 is 0.625 bits per heavy atom. The normalized spacial score (nSPS) is 10.7. The lowest BCUT2D eigenvalue weighted by atomic mass is 10.3. The molecular formula is C13H2Br8O3. The van der Waals surface area contributed by atoms with Crippen molar-refractivity contribution in [3.05, 3.63) is 47.9 Å². The largest absolute Gasteiger partial charge is 0.519 e. The fraction of sp³-hybridized carbons (Fsp3) is 0. The fourth-order valence-electron chi connectivity index (χ4n) is 1.49. The van der Waals surface area contributed by atoms with Gasteiger partial charge in [-0.05, 0) is 124 Å². The topological polar surface area (TPSA) is 35.5 Å². The third-order valence-corrected chi connectivity index (χ3v) is 10.2. The Kier molecular flexibility index (Phi) is 8.34. The SMILES string of the molecule is O=C(Oc1c(Br)cc(Br)cc1Br)Oc1c(Br)c(Br)c(Br)c(Br)c1Br. The van der Waals surface area contributed by atoms with Gasteiger partial charge in [-0.25, -0.2) is 4.79 Å². The van der Waals surface area contributed by atoms with Crippen molar-refractivity contribution in [2.75, 3.05) is 0 Å². The van der Waals surface area contributed by atoms with E-state index in [0.29, 0.717) is 32.6 Å². The summed E-state index contributed by atoms with van der Waals surface area (Å²) in [5, 5.41) is 0. The second-order valence-corrected chi connectivity index (χ2v) is 10.6. The predicted octanol–water partition coefficient (Wildman–Crippen LogP) is 9.36. The second-order valence-electron chi connectivity index (χ2n) is 4.05. The molecule has 0 atom stereocenters. The van der Waals surface area contributed by atoms with Crippen LogP contribution in [0.15, 0.2) is 47.9 Å². The van der Waals surface area contributed by atoms with E-state index in [9.17, 15) is 4.79 Å². The summed E-state index contributed by atoms with van der Waals surface area (Å²) in [6, 6.07) is 3.51. The molecule has 0 spiro atoms. The molecule has 0 unspecified atom stereocenters. The molecule has 0 aliphatic heterocycles. The molecule has 0 radical (unpaired) electrons. The minimum Gasteiger partial charge on any atom is -0.392 e. The molecule has 0 heterocycles. The van der Waals surface area contributed by atoms with Gasteiger partial charge in [0.2, 0.25) is 0 Å². The van der Waals surface area contributed by atoms with E-state index in [1.54, 1.807) is 12.1 Å². The highest BCUT2D eigenvalue weighted by Gasteiger charge is 2.23. The molecular weight excluding hydrogens is 843 g/mol. The molecule has 0 saturated carbocycles. The van der Waals surface area contributed by atoms with Crippen molar-refractivity contribution in [1.82, 2.24) is 0 Å². The number of carbonyl (C=O) groups is 1. The van der Waals surface area contributed by atoms with Gasteiger partial charge in [-0.15, -0.1) is 0 Å². The standard InChI is InChI=1S/C13H2Br8O3/c14-3-1-4(15)11(5(16)2-3)23-13(22)24-12-9(20)7(18)6(17)8(19)10(12)21/h1-2H. The number of carbonyl (C=O) groups excluding carboxylic acids is 1. The third kappa shape index (κ3) is 4.88.